The predicted molar refractivity (Wildman–Crippen MR) is 128 cm³/mol. The van der Waals surface area contributed by atoms with Crippen molar-refractivity contribution in [1.82, 2.24) is 24.3 Å². The molecule has 0 atom stereocenters. The van der Waals surface area contributed by atoms with Gasteiger partial charge in [-0.3, -0.25) is 19.0 Å². The third-order valence-corrected chi connectivity index (χ3v) is 6.29. The molecule has 0 saturated carbocycles. The molecule has 9 heteroatoms. The maximum atomic E-state index is 13.2. The van der Waals surface area contributed by atoms with Gasteiger partial charge in [0.25, 0.3) is 11.5 Å². The summed E-state index contributed by atoms with van der Waals surface area (Å²) in [6.07, 6.45) is 3.41. The number of methoxy groups -OCH3 is 1. The van der Waals surface area contributed by atoms with E-state index in [1.807, 2.05) is 35.7 Å². The van der Waals surface area contributed by atoms with Gasteiger partial charge in [0.05, 0.1) is 22.6 Å². The van der Waals surface area contributed by atoms with E-state index in [9.17, 15) is 9.59 Å². The number of aromatic nitrogens is 4. The van der Waals surface area contributed by atoms with Crippen LogP contribution >= 0.6 is 11.3 Å². The zero-order valence-electron chi connectivity index (χ0n) is 17.9. The Morgan fingerprint density at radius 2 is 2.09 bits per heavy atom. The minimum absolute atomic E-state index is 0.215. The average molecular weight is 460 g/mol. The fourth-order valence-corrected chi connectivity index (χ4v) is 4.59. The molecular weight excluding hydrogens is 438 g/mol. The SMILES string of the molecule is COCCn1c(C(=O)NCc2cccnc2-c2cccs2)cc2c(=O)n3ccccc3nc21. The Balaban J connectivity index is 1.52. The molecule has 8 nitrogen and oxygen atoms in total. The molecule has 166 valence electrons. The predicted octanol–water partition coefficient (Wildman–Crippen LogP) is 3.35. The van der Waals surface area contributed by atoms with Crippen molar-refractivity contribution in [2.75, 3.05) is 13.7 Å². The van der Waals surface area contributed by atoms with Gasteiger partial charge in [-0.2, -0.15) is 0 Å². The number of carbonyl (C=O) groups excluding carboxylic acids is 1. The monoisotopic (exact) mass is 459 g/mol. The number of fused-ring (bicyclic) bond motifs is 2. The highest BCUT2D eigenvalue weighted by Crippen LogP contribution is 2.26. The summed E-state index contributed by atoms with van der Waals surface area (Å²) in [6, 6.07) is 14.8. The summed E-state index contributed by atoms with van der Waals surface area (Å²) >= 11 is 1.60. The first kappa shape index (κ1) is 21.0. The molecule has 33 heavy (non-hydrogen) atoms. The summed E-state index contributed by atoms with van der Waals surface area (Å²) in [7, 11) is 1.59. The summed E-state index contributed by atoms with van der Waals surface area (Å²) < 4.78 is 8.45. The molecule has 0 saturated heterocycles. The number of hydrogen-bond donors (Lipinski definition) is 1. The van der Waals surface area contributed by atoms with Gasteiger partial charge in [0.1, 0.15) is 17.0 Å². The van der Waals surface area contributed by atoms with Crippen molar-refractivity contribution in [2.24, 2.45) is 0 Å². The molecule has 0 aliphatic rings. The lowest BCUT2D eigenvalue weighted by Gasteiger charge is -2.12. The highest BCUT2D eigenvalue weighted by atomic mass is 32.1. The number of pyridine rings is 2. The van der Waals surface area contributed by atoms with E-state index in [1.54, 1.807) is 53.6 Å². The number of carbonyl (C=O) groups is 1. The lowest BCUT2D eigenvalue weighted by molar-refractivity contribution is 0.0939. The minimum Gasteiger partial charge on any atom is -0.383 e. The van der Waals surface area contributed by atoms with Crippen LogP contribution in [-0.2, 0) is 17.8 Å². The molecule has 0 aliphatic carbocycles. The molecule has 0 aliphatic heterocycles. The molecule has 5 aromatic heterocycles. The first-order valence-corrected chi connectivity index (χ1v) is 11.3. The Bertz CT molecular complexity index is 1500. The zero-order chi connectivity index (χ0) is 22.8. The van der Waals surface area contributed by atoms with Gasteiger partial charge in [-0.25, -0.2) is 4.98 Å². The van der Waals surface area contributed by atoms with Crippen molar-refractivity contribution in [3.8, 4) is 10.6 Å². The molecule has 0 fully saturated rings. The van der Waals surface area contributed by atoms with Gasteiger partial charge >= 0.3 is 0 Å². The lowest BCUT2D eigenvalue weighted by Crippen LogP contribution is -2.26. The topological polar surface area (TPSA) is 90.5 Å². The third-order valence-electron chi connectivity index (χ3n) is 5.41. The van der Waals surface area contributed by atoms with Gasteiger partial charge in [0.15, 0.2) is 0 Å². The number of rotatable bonds is 7. The molecule has 1 N–H and O–H groups in total. The first-order chi connectivity index (χ1) is 16.2. The minimum atomic E-state index is -0.293. The van der Waals surface area contributed by atoms with E-state index in [0.29, 0.717) is 42.1 Å². The van der Waals surface area contributed by atoms with Crippen LogP contribution in [-0.4, -0.2) is 38.6 Å². The fourth-order valence-electron chi connectivity index (χ4n) is 3.83. The molecule has 0 aromatic carbocycles. The summed E-state index contributed by atoms with van der Waals surface area (Å²) in [5.41, 5.74) is 2.90. The van der Waals surface area contributed by atoms with Crippen molar-refractivity contribution in [1.29, 1.82) is 0 Å². The third kappa shape index (κ3) is 3.92. The highest BCUT2D eigenvalue weighted by Gasteiger charge is 2.20. The summed E-state index contributed by atoms with van der Waals surface area (Å²) in [5.74, 6) is -0.293. The van der Waals surface area contributed by atoms with E-state index >= 15 is 0 Å². The Labute approximate surface area is 193 Å². The fraction of sp³-hybridized carbons (Fsp3) is 0.167. The van der Waals surface area contributed by atoms with Crippen LogP contribution in [0.25, 0.3) is 27.3 Å². The molecule has 0 unspecified atom stereocenters. The maximum Gasteiger partial charge on any atom is 0.268 e. The molecule has 0 radical (unpaired) electrons. The molecule has 5 aromatic rings. The number of thiophene rings is 1. The van der Waals surface area contributed by atoms with E-state index in [4.69, 9.17) is 4.74 Å². The van der Waals surface area contributed by atoms with Crippen LogP contribution in [0, 0.1) is 0 Å². The van der Waals surface area contributed by atoms with Crippen LogP contribution in [0.1, 0.15) is 16.1 Å². The molecule has 0 spiro atoms. The van der Waals surface area contributed by atoms with E-state index in [-0.39, 0.29) is 11.5 Å². The Kier molecular flexibility index (Phi) is 5.72. The van der Waals surface area contributed by atoms with Gasteiger partial charge in [-0.05, 0) is 41.3 Å². The van der Waals surface area contributed by atoms with Gasteiger partial charge in [-0.1, -0.05) is 18.2 Å². The van der Waals surface area contributed by atoms with E-state index in [0.717, 1.165) is 16.1 Å². The second-order valence-corrected chi connectivity index (χ2v) is 8.38. The number of nitrogens with zero attached hydrogens (tertiary/aromatic N) is 4. The van der Waals surface area contributed by atoms with E-state index < -0.39 is 0 Å². The summed E-state index contributed by atoms with van der Waals surface area (Å²) in [4.78, 5) is 36.5. The zero-order valence-corrected chi connectivity index (χ0v) is 18.7. The Hall–Kier alpha value is -3.82. The van der Waals surface area contributed by atoms with Crippen LogP contribution < -0.4 is 10.9 Å². The van der Waals surface area contributed by atoms with Gasteiger partial charge in [-0.15, -0.1) is 11.3 Å². The van der Waals surface area contributed by atoms with Crippen LogP contribution in [0.2, 0.25) is 0 Å². The van der Waals surface area contributed by atoms with Crippen LogP contribution in [0.5, 0.6) is 0 Å². The van der Waals surface area contributed by atoms with Crippen molar-refractivity contribution in [2.45, 2.75) is 13.1 Å². The standard InChI is InChI=1S/C24H21N5O3S/c1-32-12-11-28-18(14-17-22(28)27-20-8-2-3-10-29(20)24(17)31)23(30)26-15-16-6-4-9-25-21(16)19-7-5-13-33-19/h2-10,13-14H,11-12,15H2,1H3,(H,26,30). The van der Waals surface area contributed by atoms with Crippen molar-refractivity contribution >= 4 is 33.9 Å². The number of nitrogens with one attached hydrogen (secondary N) is 1. The first-order valence-electron chi connectivity index (χ1n) is 10.4. The average Bonchev–Trinajstić information content (AvgIpc) is 3.50. The Morgan fingerprint density at radius 1 is 1.18 bits per heavy atom. The van der Waals surface area contributed by atoms with E-state index in [1.165, 1.54) is 4.40 Å². The quantitative estimate of drug-likeness (QED) is 0.403. The van der Waals surface area contributed by atoms with Crippen molar-refractivity contribution in [3.63, 3.8) is 0 Å². The number of hydrogen-bond acceptors (Lipinski definition) is 6. The smallest absolute Gasteiger partial charge is 0.268 e. The lowest BCUT2D eigenvalue weighted by atomic mass is 10.1. The largest absolute Gasteiger partial charge is 0.383 e. The number of ether oxygens (including phenoxy) is 1. The van der Waals surface area contributed by atoms with Crippen molar-refractivity contribution < 1.29 is 9.53 Å². The molecule has 5 rings (SSSR count). The normalized spacial score (nSPS) is 11.3. The highest BCUT2D eigenvalue weighted by molar-refractivity contribution is 7.13. The molecule has 1 amide bonds. The van der Waals surface area contributed by atoms with Gasteiger partial charge < -0.3 is 14.6 Å². The Morgan fingerprint density at radius 3 is 2.91 bits per heavy atom. The number of amides is 1. The van der Waals surface area contributed by atoms with Gasteiger partial charge in [0.2, 0.25) is 0 Å². The summed E-state index contributed by atoms with van der Waals surface area (Å²) in [6.45, 7) is 1.08. The molecule has 5 heterocycles. The van der Waals surface area contributed by atoms with Crippen LogP contribution in [0.4, 0.5) is 0 Å². The molecule has 0 bridgehead atoms. The summed E-state index contributed by atoms with van der Waals surface area (Å²) in [5, 5.41) is 5.37. The molecular formula is C24H21N5O3S. The van der Waals surface area contributed by atoms with Crippen LogP contribution in [0.3, 0.4) is 0 Å². The van der Waals surface area contributed by atoms with Gasteiger partial charge in [0, 0.05) is 32.6 Å². The second kappa shape index (κ2) is 8.97. The van der Waals surface area contributed by atoms with Crippen LogP contribution in [0.15, 0.2) is 71.1 Å². The second-order valence-electron chi connectivity index (χ2n) is 7.43. The maximum absolute atomic E-state index is 13.2. The van der Waals surface area contributed by atoms with Crippen molar-refractivity contribution in [3.05, 3.63) is 87.9 Å². The van der Waals surface area contributed by atoms with E-state index in [2.05, 4.69) is 15.3 Å².